The maximum absolute atomic E-state index is 11.5. The highest BCUT2D eigenvalue weighted by Crippen LogP contribution is 2.58. The fourth-order valence-electron chi connectivity index (χ4n) is 3.00. The van der Waals surface area contributed by atoms with Crippen LogP contribution >= 0.6 is 0 Å². The molecule has 3 aliphatic carbocycles. The predicted molar refractivity (Wildman–Crippen MR) is 47.6 cm³/mol. The van der Waals surface area contributed by atoms with Crippen LogP contribution in [0.1, 0.15) is 32.1 Å². The second-order valence-corrected chi connectivity index (χ2v) is 4.40. The molecule has 0 saturated heterocycles. The molecular weight excluding hydrogens is 168 g/mol. The number of esters is 1. The third-order valence-electron chi connectivity index (χ3n) is 3.59. The van der Waals surface area contributed by atoms with E-state index in [0.717, 1.165) is 32.1 Å². The van der Waals surface area contributed by atoms with Crippen LogP contribution in [-0.2, 0) is 9.53 Å². The van der Waals surface area contributed by atoms with Gasteiger partial charge in [0.1, 0.15) is 0 Å². The lowest BCUT2D eigenvalue weighted by atomic mass is 9.50. The minimum absolute atomic E-state index is 0.0342. The van der Waals surface area contributed by atoms with Gasteiger partial charge in [0.15, 0.2) is 0 Å². The fraction of sp³-hybridized carbons (Fsp3) is 0.889. The van der Waals surface area contributed by atoms with Gasteiger partial charge in [0.05, 0.1) is 12.5 Å². The first kappa shape index (κ1) is 8.97. The summed E-state index contributed by atoms with van der Waals surface area (Å²) >= 11 is 0. The van der Waals surface area contributed by atoms with Gasteiger partial charge >= 0.3 is 5.97 Å². The van der Waals surface area contributed by atoms with E-state index in [2.05, 4.69) is 5.43 Å². The average Bonchev–Trinajstić information content (AvgIpc) is 2.15. The van der Waals surface area contributed by atoms with Gasteiger partial charge in [-0.1, -0.05) is 6.42 Å². The topological polar surface area (TPSA) is 64.3 Å². The zero-order chi connectivity index (χ0) is 9.53. The Morgan fingerprint density at radius 1 is 1.46 bits per heavy atom. The lowest BCUT2D eigenvalue weighted by Crippen LogP contribution is -2.67. The van der Waals surface area contributed by atoms with Crippen LogP contribution in [0.25, 0.3) is 0 Å². The fourth-order valence-corrected chi connectivity index (χ4v) is 3.00. The van der Waals surface area contributed by atoms with E-state index in [1.807, 2.05) is 0 Å². The molecule has 3 saturated carbocycles. The molecule has 0 aromatic carbocycles. The number of hydrazine groups is 1. The molecule has 3 N–H and O–H groups in total. The van der Waals surface area contributed by atoms with Gasteiger partial charge in [-0.25, -0.2) is 0 Å². The number of carbonyl (C=O) groups excluding carboxylic acids is 1. The molecule has 0 heterocycles. The molecule has 0 amide bonds. The minimum Gasteiger partial charge on any atom is -0.469 e. The molecule has 74 valence electrons. The molecule has 4 nitrogen and oxygen atoms in total. The largest absolute Gasteiger partial charge is 0.469 e. The van der Waals surface area contributed by atoms with Crippen LogP contribution in [0.15, 0.2) is 0 Å². The monoisotopic (exact) mass is 184 g/mol. The van der Waals surface area contributed by atoms with Crippen molar-refractivity contribution in [2.24, 2.45) is 11.3 Å². The van der Waals surface area contributed by atoms with Crippen LogP contribution in [0.3, 0.4) is 0 Å². The smallest absolute Gasteiger partial charge is 0.311 e. The van der Waals surface area contributed by atoms with Gasteiger partial charge in [-0.3, -0.25) is 16.1 Å². The summed E-state index contributed by atoms with van der Waals surface area (Å²) in [6, 6.07) is 0. The second-order valence-electron chi connectivity index (χ2n) is 4.40. The number of rotatable bonds is 2. The van der Waals surface area contributed by atoms with Crippen molar-refractivity contribution in [1.29, 1.82) is 0 Å². The summed E-state index contributed by atoms with van der Waals surface area (Å²) in [5, 5.41) is 0. The summed E-state index contributed by atoms with van der Waals surface area (Å²) in [6.07, 6.45) is 4.82. The predicted octanol–water partition coefficient (Wildman–Crippen LogP) is 0.326. The molecule has 2 bridgehead atoms. The second kappa shape index (κ2) is 2.69. The van der Waals surface area contributed by atoms with Crippen LogP contribution in [0, 0.1) is 5.41 Å². The van der Waals surface area contributed by atoms with Crippen molar-refractivity contribution < 1.29 is 9.53 Å². The van der Waals surface area contributed by atoms with E-state index < -0.39 is 0 Å². The molecular formula is C9H16N2O2. The molecule has 0 atom stereocenters. The van der Waals surface area contributed by atoms with Gasteiger partial charge in [0.2, 0.25) is 0 Å². The first-order chi connectivity index (χ1) is 6.16. The highest BCUT2D eigenvalue weighted by molar-refractivity contribution is 5.79. The van der Waals surface area contributed by atoms with E-state index >= 15 is 0 Å². The highest BCUT2D eigenvalue weighted by Gasteiger charge is 2.61. The Hall–Kier alpha value is -0.610. The number of hydrogen-bond donors (Lipinski definition) is 2. The first-order valence-corrected chi connectivity index (χ1v) is 4.73. The summed E-state index contributed by atoms with van der Waals surface area (Å²) < 4.78 is 4.81. The van der Waals surface area contributed by atoms with Gasteiger partial charge in [-0.2, -0.15) is 0 Å². The number of fused-ring (bicyclic) bond motifs is 2. The van der Waals surface area contributed by atoms with Gasteiger partial charge < -0.3 is 4.74 Å². The molecule has 3 rings (SSSR count). The minimum atomic E-state index is -0.209. The molecule has 0 radical (unpaired) electrons. The Balaban J connectivity index is 2.10. The van der Waals surface area contributed by atoms with E-state index in [1.165, 1.54) is 7.11 Å². The molecule has 0 aromatic heterocycles. The van der Waals surface area contributed by atoms with Crippen molar-refractivity contribution in [2.75, 3.05) is 7.11 Å². The molecule has 13 heavy (non-hydrogen) atoms. The Labute approximate surface area is 77.8 Å². The maximum atomic E-state index is 11.5. The normalized spacial score (nSPS) is 42.3. The maximum Gasteiger partial charge on any atom is 0.311 e. The first-order valence-electron chi connectivity index (χ1n) is 4.73. The summed E-state index contributed by atoms with van der Waals surface area (Å²) in [6.45, 7) is 0. The van der Waals surface area contributed by atoms with Crippen LogP contribution in [0.2, 0.25) is 0 Å². The molecule has 3 aliphatic rings. The van der Waals surface area contributed by atoms with Gasteiger partial charge in [0, 0.05) is 5.54 Å². The SMILES string of the molecule is COC(=O)C12CCCC(NN)(C1)C2. The quantitative estimate of drug-likeness (QED) is 0.368. The Kier molecular flexibility index (Phi) is 1.85. The Morgan fingerprint density at radius 3 is 2.69 bits per heavy atom. The Morgan fingerprint density at radius 2 is 2.15 bits per heavy atom. The van der Waals surface area contributed by atoms with Crippen molar-refractivity contribution in [3.05, 3.63) is 0 Å². The molecule has 0 spiro atoms. The molecule has 3 fully saturated rings. The third kappa shape index (κ3) is 1.09. The van der Waals surface area contributed by atoms with Crippen molar-refractivity contribution in [2.45, 2.75) is 37.6 Å². The third-order valence-corrected chi connectivity index (χ3v) is 3.59. The molecule has 0 unspecified atom stereocenters. The summed E-state index contributed by atoms with van der Waals surface area (Å²) in [5.74, 6) is 5.42. The molecule has 0 aliphatic heterocycles. The number of methoxy groups -OCH3 is 1. The summed E-state index contributed by atoms with van der Waals surface area (Å²) in [5.41, 5.74) is 2.67. The van der Waals surface area contributed by atoms with Crippen LogP contribution < -0.4 is 11.3 Å². The van der Waals surface area contributed by atoms with E-state index in [1.54, 1.807) is 0 Å². The lowest BCUT2D eigenvalue weighted by molar-refractivity contribution is -0.172. The number of nitrogens with one attached hydrogen (secondary N) is 1. The van der Waals surface area contributed by atoms with Crippen LogP contribution in [-0.4, -0.2) is 18.6 Å². The van der Waals surface area contributed by atoms with Gasteiger partial charge in [-0.05, 0) is 25.7 Å². The standard InChI is InChI=1S/C9H16N2O2/c1-13-7(12)8-3-2-4-9(5-8,6-8)11-10/h11H,2-6,10H2,1H3. The molecule has 4 heteroatoms. The van der Waals surface area contributed by atoms with E-state index in [-0.39, 0.29) is 16.9 Å². The van der Waals surface area contributed by atoms with Crippen molar-refractivity contribution in [3.8, 4) is 0 Å². The number of nitrogens with two attached hydrogens (primary N) is 1. The van der Waals surface area contributed by atoms with Gasteiger partial charge in [-0.15, -0.1) is 0 Å². The summed E-state index contributed by atoms with van der Waals surface area (Å²) in [4.78, 5) is 11.5. The van der Waals surface area contributed by atoms with Crippen molar-refractivity contribution >= 4 is 5.97 Å². The molecule has 0 aromatic rings. The van der Waals surface area contributed by atoms with E-state index in [9.17, 15) is 4.79 Å². The van der Waals surface area contributed by atoms with Crippen molar-refractivity contribution in [1.82, 2.24) is 5.43 Å². The zero-order valence-electron chi connectivity index (χ0n) is 7.93. The van der Waals surface area contributed by atoms with Crippen LogP contribution in [0.4, 0.5) is 0 Å². The average molecular weight is 184 g/mol. The Bertz CT molecular complexity index is 234. The van der Waals surface area contributed by atoms with Crippen LogP contribution in [0.5, 0.6) is 0 Å². The number of carbonyl (C=O) groups is 1. The van der Waals surface area contributed by atoms with Gasteiger partial charge in [0.25, 0.3) is 0 Å². The lowest BCUT2D eigenvalue weighted by Gasteiger charge is -2.58. The zero-order valence-corrected chi connectivity index (χ0v) is 7.93. The number of ether oxygens (including phenoxy) is 1. The highest BCUT2D eigenvalue weighted by atomic mass is 16.5. The number of hydrogen-bond acceptors (Lipinski definition) is 4. The summed E-state index contributed by atoms with van der Waals surface area (Å²) in [7, 11) is 1.46. The van der Waals surface area contributed by atoms with Crippen molar-refractivity contribution in [3.63, 3.8) is 0 Å². The van der Waals surface area contributed by atoms with E-state index in [0.29, 0.717) is 0 Å². The van der Waals surface area contributed by atoms with E-state index in [4.69, 9.17) is 10.6 Å².